The molecule has 0 saturated carbocycles. The lowest BCUT2D eigenvalue weighted by atomic mass is 10.2. The van der Waals surface area contributed by atoms with Gasteiger partial charge in [-0.15, -0.1) is 0 Å². The zero-order valence-electron chi connectivity index (χ0n) is 11.4. The van der Waals surface area contributed by atoms with Crippen molar-refractivity contribution in [1.29, 1.82) is 0 Å². The molecule has 22 heavy (non-hydrogen) atoms. The van der Waals surface area contributed by atoms with Crippen molar-refractivity contribution >= 4 is 31.7 Å². The molecular formula is C15H13BrFNO3S. The Balaban J connectivity index is 2.01. The fourth-order valence-corrected chi connectivity index (χ4v) is 3.56. The van der Waals surface area contributed by atoms with Crippen molar-refractivity contribution in [1.82, 2.24) is 5.32 Å². The van der Waals surface area contributed by atoms with Crippen molar-refractivity contribution in [3.05, 3.63) is 64.4 Å². The molecule has 2 aromatic carbocycles. The zero-order chi connectivity index (χ0) is 16.2. The first kappa shape index (κ1) is 16.6. The fourth-order valence-electron chi connectivity index (χ4n) is 1.80. The summed E-state index contributed by atoms with van der Waals surface area (Å²) in [6, 6.07) is 12.1. The summed E-state index contributed by atoms with van der Waals surface area (Å²) in [5, 5.41) is 2.41. The highest BCUT2D eigenvalue weighted by Gasteiger charge is 2.19. The predicted molar refractivity (Wildman–Crippen MR) is 84.4 cm³/mol. The summed E-state index contributed by atoms with van der Waals surface area (Å²) < 4.78 is 38.3. The van der Waals surface area contributed by atoms with Gasteiger partial charge in [0.25, 0.3) is 0 Å². The monoisotopic (exact) mass is 385 g/mol. The smallest absolute Gasteiger partial charge is 0.235 e. The zero-order valence-corrected chi connectivity index (χ0v) is 13.8. The summed E-state index contributed by atoms with van der Waals surface area (Å²) in [5.74, 6) is -1.81. The number of amides is 1. The number of carbonyl (C=O) groups is 1. The van der Waals surface area contributed by atoms with E-state index in [0.29, 0.717) is 10.0 Å². The van der Waals surface area contributed by atoms with E-state index in [2.05, 4.69) is 21.2 Å². The van der Waals surface area contributed by atoms with Crippen molar-refractivity contribution in [3.8, 4) is 0 Å². The predicted octanol–water partition coefficient (Wildman–Crippen LogP) is 2.68. The Labute approximate surface area is 136 Å². The molecule has 0 saturated heterocycles. The van der Waals surface area contributed by atoms with Crippen LogP contribution < -0.4 is 5.32 Å². The van der Waals surface area contributed by atoms with Crippen LogP contribution in [0.1, 0.15) is 5.56 Å². The Morgan fingerprint density at radius 3 is 2.55 bits per heavy atom. The lowest BCUT2D eigenvalue weighted by Crippen LogP contribution is -2.30. The molecule has 0 fully saturated rings. The van der Waals surface area contributed by atoms with Gasteiger partial charge in [-0.25, -0.2) is 12.8 Å². The van der Waals surface area contributed by atoms with Crippen molar-refractivity contribution in [2.45, 2.75) is 11.4 Å². The van der Waals surface area contributed by atoms with Gasteiger partial charge in [-0.3, -0.25) is 4.79 Å². The van der Waals surface area contributed by atoms with Crippen molar-refractivity contribution in [3.63, 3.8) is 0 Å². The number of carbonyl (C=O) groups excluding carboxylic acids is 1. The molecule has 0 radical (unpaired) electrons. The number of hydrogen-bond donors (Lipinski definition) is 1. The van der Waals surface area contributed by atoms with Gasteiger partial charge < -0.3 is 5.32 Å². The summed E-state index contributed by atoms with van der Waals surface area (Å²) >= 11 is 3.18. The quantitative estimate of drug-likeness (QED) is 0.860. The molecule has 2 rings (SSSR count). The molecule has 0 aromatic heterocycles. The average Bonchev–Trinajstić information content (AvgIpc) is 2.46. The summed E-state index contributed by atoms with van der Waals surface area (Å²) in [6.45, 7) is -0.0560. The van der Waals surface area contributed by atoms with Crippen LogP contribution in [0.5, 0.6) is 0 Å². The van der Waals surface area contributed by atoms with Gasteiger partial charge in [0.2, 0.25) is 5.91 Å². The number of rotatable bonds is 5. The molecule has 0 atom stereocenters. The van der Waals surface area contributed by atoms with E-state index < -0.39 is 27.3 Å². The second kappa shape index (κ2) is 7.02. The number of hydrogen-bond acceptors (Lipinski definition) is 3. The minimum atomic E-state index is -3.73. The van der Waals surface area contributed by atoms with Crippen LogP contribution in [0.2, 0.25) is 0 Å². The molecule has 4 nitrogen and oxygen atoms in total. The van der Waals surface area contributed by atoms with Crippen molar-refractivity contribution in [2.24, 2.45) is 0 Å². The van der Waals surface area contributed by atoms with Gasteiger partial charge in [0, 0.05) is 16.6 Å². The van der Waals surface area contributed by atoms with Crippen LogP contribution >= 0.6 is 15.9 Å². The van der Waals surface area contributed by atoms with E-state index >= 15 is 0 Å². The number of sulfone groups is 1. The molecule has 7 heteroatoms. The Morgan fingerprint density at radius 2 is 1.86 bits per heavy atom. The summed E-state index contributed by atoms with van der Waals surface area (Å²) in [5.41, 5.74) is 0.302. The summed E-state index contributed by atoms with van der Waals surface area (Å²) in [7, 11) is -3.73. The minimum absolute atomic E-state index is 0.0560. The van der Waals surface area contributed by atoms with Crippen molar-refractivity contribution in [2.75, 3.05) is 5.75 Å². The Morgan fingerprint density at radius 1 is 1.14 bits per heavy atom. The SMILES string of the molecule is O=C(CS(=O)(=O)c1cccc(Br)c1)NCc1ccccc1F. The van der Waals surface area contributed by atoms with Crippen LogP contribution in [0.4, 0.5) is 4.39 Å². The third-order valence-electron chi connectivity index (χ3n) is 2.91. The van der Waals surface area contributed by atoms with Gasteiger partial charge in [-0.05, 0) is 24.3 Å². The topological polar surface area (TPSA) is 63.2 Å². The van der Waals surface area contributed by atoms with E-state index in [9.17, 15) is 17.6 Å². The highest BCUT2D eigenvalue weighted by molar-refractivity contribution is 9.10. The maximum Gasteiger partial charge on any atom is 0.235 e. The maximum absolute atomic E-state index is 13.4. The molecule has 116 valence electrons. The van der Waals surface area contributed by atoms with Gasteiger partial charge in [0.05, 0.1) is 4.90 Å². The van der Waals surface area contributed by atoms with Crippen molar-refractivity contribution < 1.29 is 17.6 Å². The third-order valence-corrected chi connectivity index (χ3v) is 5.02. The normalized spacial score (nSPS) is 11.2. The van der Waals surface area contributed by atoms with Gasteiger partial charge in [0.15, 0.2) is 9.84 Å². The lowest BCUT2D eigenvalue weighted by Gasteiger charge is -2.07. The van der Waals surface area contributed by atoms with E-state index in [0.717, 1.165) is 0 Å². The number of nitrogens with one attached hydrogen (secondary N) is 1. The maximum atomic E-state index is 13.4. The van der Waals surface area contributed by atoms with Crippen LogP contribution in [0.15, 0.2) is 57.9 Å². The fraction of sp³-hybridized carbons (Fsp3) is 0.133. The molecule has 2 aromatic rings. The van der Waals surface area contributed by atoms with E-state index in [1.165, 1.54) is 24.3 Å². The minimum Gasteiger partial charge on any atom is -0.351 e. The van der Waals surface area contributed by atoms with Crippen LogP contribution in [0, 0.1) is 5.82 Å². The van der Waals surface area contributed by atoms with E-state index in [1.54, 1.807) is 24.3 Å². The van der Waals surface area contributed by atoms with Crippen LogP contribution in [-0.2, 0) is 21.2 Å². The van der Waals surface area contributed by atoms with Gasteiger partial charge in [0.1, 0.15) is 11.6 Å². The first-order valence-corrected chi connectivity index (χ1v) is 8.81. The van der Waals surface area contributed by atoms with Gasteiger partial charge in [-0.1, -0.05) is 40.2 Å². The van der Waals surface area contributed by atoms with Gasteiger partial charge >= 0.3 is 0 Å². The Hall–Kier alpha value is -1.73. The molecule has 1 amide bonds. The highest BCUT2D eigenvalue weighted by atomic mass is 79.9. The molecule has 0 aliphatic carbocycles. The summed E-state index contributed by atoms with van der Waals surface area (Å²) in [4.78, 5) is 11.8. The number of halogens is 2. The molecule has 0 spiro atoms. The first-order chi connectivity index (χ1) is 10.4. The first-order valence-electron chi connectivity index (χ1n) is 6.37. The molecule has 0 aliphatic rings. The Bertz CT molecular complexity index is 793. The second-order valence-electron chi connectivity index (χ2n) is 4.58. The molecule has 0 heterocycles. The van der Waals surface area contributed by atoms with E-state index in [1.807, 2.05) is 0 Å². The molecule has 0 aliphatic heterocycles. The van der Waals surface area contributed by atoms with E-state index in [4.69, 9.17) is 0 Å². The Kier molecular flexibility index (Phi) is 5.31. The standard InChI is InChI=1S/C15H13BrFNO3S/c16-12-5-3-6-13(8-12)22(20,21)10-15(19)18-9-11-4-1-2-7-14(11)17/h1-8H,9-10H2,(H,18,19). The summed E-state index contributed by atoms with van der Waals surface area (Å²) in [6.07, 6.45) is 0. The van der Waals surface area contributed by atoms with Crippen LogP contribution in [0.3, 0.4) is 0 Å². The van der Waals surface area contributed by atoms with Gasteiger partial charge in [-0.2, -0.15) is 0 Å². The lowest BCUT2D eigenvalue weighted by molar-refractivity contribution is -0.118. The molecular weight excluding hydrogens is 373 g/mol. The van der Waals surface area contributed by atoms with Crippen LogP contribution in [0.25, 0.3) is 0 Å². The molecule has 0 unspecified atom stereocenters. The van der Waals surface area contributed by atoms with E-state index in [-0.39, 0.29) is 11.4 Å². The average molecular weight is 386 g/mol. The molecule has 1 N–H and O–H groups in total. The second-order valence-corrected chi connectivity index (χ2v) is 7.49. The number of benzene rings is 2. The molecule has 0 bridgehead atoms. The van der Waals surface area contributed by atoms with Crippen LogP contribution in [-0.4, -0.2) is 20.1 Å². The highest BCUT2D eigenvalue weighted by Crippen LogP contribution is 2.17. The largest absolute Gasteiger partial charge is 0.351 e. The third kappa shape index (κ3) is 4.38.